The van der Waals surface area contributed by atoms with E-state index in [1.807, 2.05) is 6.07 Å². The van der Waals surface area contributed by atoms with E-state index in [0.717, 1.165) is 23.6 Å². The Morgan fingerprint density at radius 1 is 1.56 bits per heavy atom. The monoisotopic (exact) mass is 269 g/mol. The zero-order chi connectivity index (χ0) is 13.0. The van der Waals surface area contributed by atoms with Gasteiger partial charge in [-0.2, -0.15) is 0 Å². The van der Waals surface area contributed by atoms with Crippen molar-refractivity contribution in [3.8, 4) is 0 Å². The van der Waals surface area contributed by atoms with Crippen LogP contribution in [0.25, 0.3) is 0 Å². The maximum absolute atomic E-state index is 11.8. The maximum Gasteiger partial charge on any atom is 0.284 e. The average molecular weight is 269 g/mol. The van der Waals surface area contributed by atoms with Gasteiger partial charge in [-0.15, -0.1) is 11.3 Å². The molecule has 0 saturated heterocycles. The highest BCUT2D eigenvalue weighted by molar-refractivity contribution is 7.14. The van der Waals surface area contributed by atoms with Crippen molar-refractivity contribution in [3.05, 3.63) is 21.4 Å². The van der Waals surface area contributed by atoms with Crippen molar-refractivity contribution in [2.24, 2.45) is 5.92 Å². The molecule has 18 heavy (non-hydrogen) atoms. The van der Waals surface area contributed by atoms with Gasteiger partial charge < -0.3 is 4.74 Å². The van der Waals surface area contributed by atoms with Crippen LogP contribution in [-0.2, 0) is 22.4 Å². The molecule has 4 nitrogen and oxygen atoms in total. The lowest BCUT2D eigenvalue weighted by atomic mass is 9.90. The fraction of sp³-hybridized carbons (Fsp3) is 0.615. The van der Waals surface area contributed by atoms with Gasteiger partial charge in [-0.05, 0) is 36.8 Å². The number of rotatable bonds is 5. The number of carbonyl (C=O) groups excluding carboxylic acids is 1. The Balaban J connectivity index is 1.91. The van der Waals surface area contributed by atoms with E-state index in [0.29, 0.717) is 13.2 Å². The highest BCUT2D eigenvalue weighted by atomic mass is 32.1. The zero-order valence-corrected chi connectivity index (χ0v) is 11.6. The summed E-state index contributed by atoms with van der Waals surface area (Å²) in [5.74, 6) is 0.569. The van der Waals surface area contributed by atoms with Crippen LogP contribution in [0.2, 0.25) is 0 Å². The number of hydroxylamine groups is 1. The highest BCUT2D eigenvalue weighted by Gasteiger charge is 2.20. The van der Waals surface area contributed by atoms with Crippen molar-refractivity contribution in [2.45, 2.75) is 26.2 Å². The Labute approximate surface area is 111 Å². The molecule has 1 aromatic heterocycles. The zero-order valence-electron chi connectivity index (χ0n) is 10.8. The molecule has 1 atom stereocenters. The number of carbonyl (C=O) groups is 1. The minimum atomic E-state index is -0.154. The van der Waals surface area contributed by atoms with Crippen LogP contribution in [0.15, 0.2) is 6.07 Å². The summed E-state index contributed by atoms with van der Waals surface area (Å²) in [5, 5.41) is 0. The smallest absolute Gasteiger partial charge is 0.284 e. The summed E-state index contributed by atoms with van der Waals surface area (Å²) in [6, 6.07) is 2.00. The first-order chi connectivity index (χ1) is 8.70. The summed E-state index contributed by atoms with van der Waals surface area (Å²) < 4.78 is 4.83. The van der Waals surface area contributed by atoms with Gasteiger partial charge in [0.05, 0.1) is 18.1 Å². The molecule has 5 heteroatoms. The summed E-state index contributed by atoms with van der Waals surface area (Å²) in [6.45, 7) is 3.09. The summed E-state index contributed by atoms with van der Waals surface area (Å²) in [7, 11) is 1.60. The molecule has 0 saturated carbocycles. The molecule has 100 valence electrons. The van der Waals surface area contributed by atoms with Gasteiger partial charge in [0.25, 0.3) is 5.91 Å². The second-order valence-corrected chi connectivity index (χ2v) is 5.82. The van der Waals surface area contributed by atoms with E-state index in [1.165, 1.54) is 16.9 Å². The summed E-state index contributed by atoms with van der Waals surface area (Å²) in [5.41, 5.74) is 3.78. The first-order valence-electron chi connectivity index (χ1n) is 6.23. The Bertz CT molecular complexity index is 416. The summed E-state index contributed by atoms with van der Waals surface area (Å²) >= 11 is 1.59. The Kier molecular flexibility index (Phi) is 4.74. The fourth-order valence-corrected chi connectivity index (χ4v) is 3.20. The van der Waals surface area contributed by atoms with Gasteiger partial charge in [-0.1, -0.05) is 6.92 Å². The number of thiophene rings is 1. The molecule has 0 aromatic carbocycles. The van der Waals surface area contributed by atoms with Crippen LogP contribution < -0.4 is 5.48 Å². The van der Waals surface area contributed by atoms with Gasteiger partial charge >= 0.3 is 0 Å². The first kappa shape index (κ1) is 13.5. The molecule has 1 unspecified atom stereocenters. The normalized spacial score (nSPS) is 18.4. The minimum absolute atomic E-state index is 0.154. The Morgan fingerprint density at radius 2 is 2.39 bits per heavy atom. The van der Waals surface area contributed by atoms with Crippen molar-refractivity contribution < 1.29 is 14.4 Å². The van der Waals surface area contributed by atoms with Gasteiger partial charge in [0.2, 0.25) is 0 Å². The Morgan fingerprint density at radius 3 is 3.17 bits per heavy atom. The average Bonchev–Trinajstić information content (AvgIpc) is 2.77. The number of amides is 1. The molecule has 2 rings (SSSR count). The van der Waals surface area contributed by atoms with Crippen molar-refractivity contribution >= 4 is 17.2 Å². The fourth-order valence-electron chi connectivity index (χ4n) is 2.11. The lowest BCUT2D eigenvalue weighted by Gasteiger charge is -2.16. The molecule has 1 N–H and O–H groups in total. The quantitative estimate of drug-likeness (QED) is 0.658. The van der Waals surface area contributed by atoms with E-state index < -0.39 is 0 Å². The van der Waals surface area contributed by atoms with E-state index in [4.69, 9.17) is 9.57 Å². The van der Waals surface area contributed by atoms with Gasteiger partial charge in [0.15, 0.2) is 0 Å². The molecule has 0 bridgehead atoms. The van der Waals surface area contributed by atoms with Crippen LogP contribution in [0.5, 0.6) is 0 Å². The van der Waals surface area contributed by atoms with Gasteiger partial charge in [-0.3, -0.25) is 9.63 Å². The number of ether oxygens (including phenoxy) is 1. The van der Waals surface area contributed by atoms with Crippen LogP contribution in [0.1, 0.15) is 33.5 Å². The van der Waals surface area contributed by atoms with Crippen LogP contribution in [0.4, 0.5) is 0 Å². The molecule has 0 radical (unpaired) electrons. The summed E-state index contributed by atoms with van der Waals surface area (Å²) in [6.07, 6.45) is 3.40. The molecule has 0 spiro atoms. The number of methoxy groups -OCH3 is 1. The SMILES string of the molecule is COCCONC(=O)c1cc2c(s1)CCC(C)C2. The van der Waals surface area contributed by atoms with E-state index in [-0.39, 0.29) is 5.91 Å². The highest BCUT2D eigenvalue weighted by Crippen LogP contribution is 2.32. The molecular formula is C13H19NO3S. The molecule has 1 amide bonds. The molecular weight excluding hydrogens is 250 g/mol. The van der Waals surface area contributed by atoms with E-state index >= 15 is 0 Å². The lowest BCUT2D eigenvalue weighted by molar-refractivity contribution is 0.00914. The molecule has 1 aromatic rings. The second kappa shape index (κ2) is 6.31. The molecule has 1 aliphatic rings. The van der Waals surface area contributed by atoms with Gasteiger partial charge in [0.1, 0.15) is 0 Å². The molecule has 1 heterocycles. The standard InChI is InChI=1S/C13H19NO3S/c1-9-3-4-11-10(7-9)8-12(18-11)13(15)14-17-6-5-16-2/h8-9H,3-7H2,1-2H3,(H,14,15). The molecule has 1 aliphatic carbocycles. The predicted molar refractivity (Wildman–Crippen MR) is 70.8 cm³/mol. The number of hydrogen-bond acceptors (Lipinski definition) is 4. The minimum Gasteiger partial charge on any atom is -0.382 e. The van der Waals surface area contributed by atoms with Gasteiger partial charge in [0, 0.05) is 12.0 Å². The van der Waals surface area contributed by atoms with Gasteiger partial charge in [-0.25, -0.2) is 5.48 Å². The number of aryl methyl sites for hydroxylation is 1. The number of fused-ring (bicyclic) bond motifs is 1. The largest absolute Gasteiger partial charge is 0.382 e. The third-order valence-electron chi connectivity index (χ3n) is 3.11. The third kappa shape index (κ3) is 3.31. The predicted octanol–water partition coefficient (Wildman–Crippen LogP) is 2.18. The van der Waals surface area contributed by atoms with Crippen molar-refractivity contribution in [3.63, 3.8) is 0 Å². The van der Waals surface area contributed by atoms with Crippen molar-refractivity contribution in [1.82, 2.24) is 5.48 Å². The van der Waals surface area contributed by atoms with Crippen LogP contribution in [0, 0.1) is 5.92 Å². The number of hydrogen-bond donors (Lipinski definition) is 1. The lowest BCUT2D eigenvalue weighted by Crippen LogP contribution is -2.24. The maximum atomic E-state index is 11.8. The topological polar surface area (TPSA) is 47.6 Å². The van der Waals surface area contributed by atoms with Crippen molar-refractivity contribution in [2.75, 3.05) is 20.3 Å². The second-order valence-electron chi connectivity index (χ2n) is 4.68. The van der Waals surface area contributed by atoms with Crippen LogP contribution >= 0.6 is 11.3 Å². The molecule has 0 aliphatic heterocycles. The number of nitrogens with one attached hydrogen (secondary N) is 1. The Hall–Kier alpha value is -0.910. The van der Waals surface area contributed by atoms with Crippen molar-refractivity contribution in [1.29, 1.82) is 0 Å². The van der Waals surface area contributed by atoms with E-state index in [1.54, 1.807) is 18.4 Å². The van der Waals surface area contributed by atoms with E-state index in [2.05, 4.69) is 12.4 Å². The van der Waals surface area contributed by atoms with Crippen LogP contribution in [0.3, 0.4) is 0 Å². The van der Waals surface area contributed by atoms with E-state index in [9.17, 15) is 4.79 Å². The third-order valence-corrected chi connectivity index (χ3v) is 4.34. The first-order valence-corrected chi connectivity index (χ1v) is 7.05. The summed E-state index contributed by atoms with van der Waals surface area (Å²) in [4.78, 5) is 19.0. The van der Waals surface area contributed by atoms with Crippen LogP contribution in [-0.4, -0.2) is 26.2 Å². The molecule has 0 fully saturated rings.